The van der Waals surface area contributed by atoms with Gasteiger partial charge in [0, 0.05) is 29.7 Å². The highest BCUT2D eigenvalue weighted by molar-refractivity contribution is 5.98. The topological polar surface area (TPSA) is 68.0 Å². The van der Waals surface area contributed by atoms with Crippen LogP contribution in [-0.4, -0.2) is 23.5 Å². The standard InChI is InChI=1S/C16H21N3O/c1-16(2,3)14(10-17)19-15(20)12-6-7-13-11(9-12)5-4-8-18-13/h4-9,14H,10,17H2,1-3H3,(H,19,20). The molecule has 2 rings (SSSR count). The van der Waals surface area contributed by atoms with Crippen molar-refractivity contribution in [2.75, 3.05) is 6.54 Å². The fraction of sp³-hybridized carbons (Fsp3) is 0.375. The molecule has 1 aromatic carbocycles. The highest BCUT2D eigenvalue weighted by Gasteiger charge is 2.25. The van der Waals surface area contributed by atoms with Crippen LogP contribution in [0.2, 0.25) is 0 Å². The van der Waals surface area contributed by atoms with Crippen LogP contribution in [-0.2, 0) is 0 Å². The molecule has 1 amide bonds. The Morgan fingerprint density at radius 3 is 2.75 bits per heavy atom. The molecule has 0 aliphatic heterocycles. The van der Waals surface area contributed by atoms with Crippen molar-refractivity contribution in [3.63, 3.8) is 0 Å². The summed E-state index contributed by atoms with van der Waals surface area (Å²) in [5, 5.41) is 3.96. The highest BCUT2D eigenvalue weighted by Crippen LogP contribution is 2.19. The minimum Gasteiger partial charge on any atom is -0.348 e. The van der Waals surface area contributed by atoms with E-state index in [9.17, 15) is 4.79 Å². The first-order chi connectivity index (χ1) is 9.41. The van der Waals surface area contributed by atoms with E-state index in [0.29, 0.717) is 12.1 Å². The number of aromatic nitrogens is 1. The molecule has 0 saturated carbocycles. The number of carbonyl (C=O) groups is 1. The van der Waals surface area contributed by atoms with Gasteiger partial charge in [-0.25, -0.2) is 0 Å². The van der Waals surface area contributed by atoms with Gasteiger partial charge < -0.3 is 11.1 Å². The van der Waals surface area contributed by atoms with Gasteiger partial charge in [-0.15, -0.1) is 0 Å². The predicted molar refractivity (Wildman–Crippen MR) is 81.5 cm³/mol. The average molecular weight is 271 g/mol. The number of carbonyl (C=O) groups excluding carboxylic acids is 1. The zero-order valence-electron chi connectivity index (χ0n) is 12.2. The molecule has 1 aromatic heterocycles. The number of fused-ring (bicyclic) bond motifs is 1. The summed E-state index contributed by atoms with van der Waals surface area (Å²) < 4.78 is 0. The first kappa shape index (κ1) is 14.5. The van der Waals surface area contributed by atoms with Crippen molar-refractivity contribution in [2.45, 2.75) is 26.8 Å². The van der Waals surface area contributed by atoms with Gasteiger partial charge in [0.25, 0.3) is 5.91 Å². The molecule has 0 aliphatic rings. The summed E-state index contributed by atoms with van der Waals surface area (Å²) >= 11 is 0. The van der Waals surface area contributed by atoms with Gasteiger partial charge in [0.05, 0.1) is 5.52 Å². The molecule has 0 radical (unpaired) electrons. The van der Waals surface area contributed by atoms with Crippen LogP contribution in [0.1, 0.15) is 31.1 Å². The second-order valence-electron chi connectivity index (χ2n) is 6.04. The zero-order chi connectivity index (χ0) is 14.8. The molecule has 4 heteroatoms. The molecule has 0 bridgehead atoms. The minimum absolute atomic E-state index is 0.0559. The van der Waals surface area contributed by atoms with Crippen LogP contribution >= 0.6 is 0 Å². The largest absolute Gasteiger partial charge is 0.348 e. The molecular weight excluding hydrogens is 250 g/mol. The first-order valence-corrected chi connectivity index (χ1v) is 6.77. The lowest BCUT2D eigenvalue weighted by molar-refractivity contribution is 0.0905. The van der Waals surface area contributed by atoms with E-state index in [1.807, 2.05) is 24.3 Å². The number of hydrogen-bond acceptors (Lipinski definition) is 3. The SMILES string of the molecule is CC(C)(C)C(CN)NC(=O)c1ccc2ncccc2c1. The molecule has 1 heterocycles. The van der Waals surface area contributed by atoms with E-state index >= 15 is 0 Å². The molecule has 3 N–H and O–H groups in total. The Morgan fingerprint density at radius 2 is 2.10 bits per heavy atom. The number of nitrogens with two attached hydrogens (primary N) is 1. The van der Waals surface area contributed by atoms with Gasteiger partial charge in [-0.05, 0) is 29.7 Å². The molecule has 20 heavy (non-hydrogen) atoms. The summed E-state index contributed by atoms with van der Waals surface area (Å²) in [4.78, 5) is 16.6. The molecule has 1 atom stereocenters. The van der Waals surface area contributed by atoms with Gasteiger partial charge in [0.1, 0.15) is 0 Å². The van der Waals surface area contributed by atoms with Crippen LogP contribution in [0.4, 0.5) is 0 Å². The Balaban J connectivity index is 2.23. The molecule has 0 spiro atoms. The normalized spacial score (nSPS) is 13.2. The quantitative estimate of drug-likeness (QED) is 0.900. The Morgan fingerprint density at radius 1 is 1.35 bits per heavy atom. The maximum Gasteiger partial charge on any atom is 0.251 e. The van der Waals surface area contributed by atoms with Crippen molar-refractivity contribution < 1.29 is 4.79 Å². The number of amides is 1. The fourth-order valence-electron chi connectivity index (χ4n) is 2.09. The highest BCUT2D eigenvalue weighted by atomic mass is 16.1. The number of pyridine rings is 1. The number of benzene rings is 1. The summed E-state index contributed by atoms with van der Waals surface area (Å²) in [6.07, 6.45) is 1.74. The number of nitrogens with zero attached hydrogens (tertiary/aromatic N) is 1. The van der Waals surface area contributed by atoms with E-state index in [1.54, 1.807) is 12.3 Å². The third-order valence-corrected chi connectivity index (χ3v) is 3.45. The summed E-state index contributed by atoms with van der Waals surface area (Å²) in [5.41, 5.74) is 7.20. The minimum atomic E-state index is -0.0962. The van der Waals surface area contributed by atoms with Gasteiger partial charge in [-0.2, -0.15) is 0 Å². The molecule has 0 aliphatic carbocycles. The van der Waals surface area contributed by atoms with E-state index in [1.165, 1.54) is 0 Å². The monoisotopic (exact) mass is 271 g/mol. The van der Waals surface area contributed by atoms with Crippen LogP contribution in [0, 0.1) is 5.41 Å². The molecule has 4 nitrogen and oxygen atoms in total. The van der Waals surface area contributed by atoms with E-state index in [2.05, 4.69) is 31.1 Å². The van der Waals surface area contributed by atoms with Crippen molar-refractivity contribution >= 4 is 16.8 Å². The summed E-state index contributed by atoms with van der Waals surface area (Å²) in [6.45, 7) is 6.61. The van der Waals surface area contributed by atoms with Crippen molar-refractivity contribution in [1.82, 2.24) is 10.3 Å². The maximum absolute atomic E-state index is 12.3. The Bertz CT molecular complexity index is 616. The van der Waals surface area contributed by atoms with Gasteiger partial charge in [-0.3, -0.25) is 9.78 Å². The summed E-state index contributed by atoms with van der Waals surface area (Å²) in [6, 6.07) is 9.26. The lowest BCUT2D eigenvalue weighted by atomic mass is 9.86. The smallest absolute Gasteiger partial charge is 0.251 e. The number of nitrogens with one attached hydrogen (secondary N) is 1. The summed E-state index contributed by atoms with van der Waals surface area (Å²) in [7, 11) is 0. The lowest BCUT2D eigenvalue weighted by Crippen LogP contribution is -2.48. The van der Waals surface area contributed by atoms with Gasteiger partial charge in [0.15, 0.2) is 0 Å². The lowest BCUT2D eigenvalue weighted by Gasteiger charge is -2.30. The summed E-state index contributed by atoms with van der Waals surface area (Å²) in [5.74, 6) is -0.0962. The van der Waals surface area contributed by atoms with Crippen LogP contribution in [0.15, 0.2) is 36.5 Å². The maximum atomic E-state index is 12.3. The van der Waals surface area contributed by atoms with E-state index in [-0.39, 0.29) is 17.4 Å². The van der Waals surface area contributed by atoms with Crippen LogP contribution in [0.3, 0.4) is 0 Å². The molecule has 2 aromatic rings. The van der Waals surface area contributed by atoms with Gasteiger partial charge >= 0.3 is 0 Å². The van der Waals surface area contributed by atoms with Crippen LogP contribution in [0.25, 0.3) is 10.9 Å². The van der Waals surface area contributed by atoms with Gasteiger partial charge in [0.2, 0.25) is 0 Å². The molecular formula is C16H21N3O. The Labute approximate surface area is 119 Å². The fourth-order valence-corrected chi connectivity index (χ4v) is 2.09. The van der Waals surface area contributed by atoms with Crippen LogP contribution < -0.4 is 11.1 Å². The third-order valence-electron chi connectivity index (χ3n) is 3.45. The molecule has 0 saturated heterocycles. The van der Waals surface area contributed by atoms with Crippen molar-refractivity contribution in [1.29, 1.82) is 0 Å². The molecule has 106 valence electrons. The second kappa shape index (κ2) is 5.59. The van der Waals surface area contributed by atoms with Gasteiger partial charge in [-0.1, -0.05) is 26.8 Å². The van der Waals surface area contributed by atoms with Crippen molar-refractivity contribution in [3.8, 4) is 0 Å². The van der Waals surface area contributed by atoms with Crippen LogP contribution in [0.5, 0.6) is 0 Å². The Kier molecular flexibility index (Phi) is 4.04. The Hall–Kier alpha value is -1.94. The molecule has 0 fully saturated rings. The van der Waals surface area contributed by atoms with Crippen molar-refractivity contribution in [3.05, 3.63) is 42.1 Å². The second-order valence-corrected chi connectivity index (χ2v) is 6.04. The first-order valence-electron chi connectivity index (χ1n) is 6.77. The number of hydrogen-bond donors (Lipinski definition) is 2. The molecule has 1 unspecified atom stereocenters. The van der Waals surface area contributed by atoms with Crippen molar-refractivity contribution in [2.24, 2.45) is 11.1 Å². The van der Waals surface area contributed by atoms with E-state index < -0.39 is 0 Å². The number of rotatable bonds is 3. The van der Waals surface area contributed by atoms with E-state index in [0.717, 1.165) is 10.9 Å². The zero-order valence-corrected chi connectivity index (χ0v) is 12.2. The average Bonchev–Trinajstić information content (AvgIpc) is 2.42. The predicted octanol–water partition coefficient (Wildman–Crippen LogP) is 2.34. The van der Waals surface area contributed by atoms with E-state index in [4.69, 9.17) is 5.73 Å². The third kappa shape index (κ3) is 3.14.